The third-order valence-electron chi connectivity index (χ3n) is 3.79. The monoisotopic (exact) mass is 339 g/mol. The normalized spacial score (nSPS) is 15.8. The lowest BCUT2D eigenvalue weighted by atomic mass is 10.1. The maximum Gasteiger partial charge on any atom is 0.335 e. The third-order valence-corrected chi connectivity index (χ3v) is 4.25. The van der Waals surface area contributed by atoms with Crippen LogP contribution in [0.25, 0.3) is 0 Å². The first-order chi connectivity index (χ1) is 9.47. The molecule has 0 amide bonds. The molecule has 1 N–H and O–H groups in total. The number of hydrogen-bond acceptors (Lipinski definition) is 2. The number of aromatic carboxylic acids is 1. The predicted molar refractivity (Wildman–Crippen MR) is 85.5 cm³/mol. The van der Waals surface area contributed by atoms with E-state index in [0.717, 1.165) is 16.7 Å². The van der Waals surface area contributed by atoms with E-state index in [1.54, 1.807) is 12.1 Å². The zero-order valence-corrected chi connectivity index (χ0v) is 13.7. The van der Waals surface area contributed by atoms with Crippen molar-refractivity contribution in [3.63, 3.8) is 0 Å². The summed E-state index contributed by atoms with van der Waals surface area (Å²) >= 11 is 3.43. The van der Waals surface area contributed by atoms with Gasteiger partial charge in [0.1, 0.15) is 0 Å². The minimum absolute atomic E-state index is 0.348. The number of carboxylic acids is 1. The average molecular weight is 340 g/mol. The van der Waals surface area contributed by atoms with E-state index in [1.807, 2.05) is 6.07 Å². The van der Waals surface area contributed by atoms with Gasteiger partial charge in [0.2, 0.25) is 0 Å². The molecule has 0 radical (unpaired) electrons. The van der Waals surface area contributed by atoms with Gasteiger partial charge in [0.15, 0.2) is 0 Å². The molecule has 0 heterocycles. The first kappa shape index (κ1) is 15.4. The SMILES string of the molecule is CC(C)CN(c1cc(Br)cc(C(=O)O)c1)C1CCCC1. The van der Waals surface area contributed by atoms with Gasteiger partial charge in [0.05, 0.1) is 5.56 Å². The molecule has 0 spiro atoms. The van der Waals surface area contributed by atoms with Crippen LogP contribution in [0.4, 0.5) is 5.69 Å². The molecule has 1 aliphatic carbocycles. The maximum absolute atomic E-state index is 11.2. The zero-order chi connectivity index (χ0) is 14.7. The van der Waals surface area contributed by atoms with Crippen molar-refractivity contribution in [3.8, 4) is 0 Å². The summed E-state index contributed by atoms with van der Waals surface area (Å²) in [5, 5.41) is 9.22. The fourth-order valence-corrected chi connectivity index (χ4v) is 3.42. The summed E-state index contributed by atoms with van der Waals surface area (Å²) in [6, 6.07) is 6.04. The highest BCUT2D eigenvalue weighted by atomic mass is 79.9. The first-order valence-electron chi connectivity index (χ1n) is 7.28. The molecule has 1 saturated carbocycles. The molecule has 110 valence electrons. The van der Waals surface area contributed by atoms with Gasteiger partial charge in [-0.2, -0.15) is 0 Å². The van der Waals surface area contributed by atoms with Gasteiger partial charge in [-0.3, -0.25) is 0 Å². The fourth-order valence-electron chi connectivity index (χ4n) is 2.94. The predicted octanol–water partition coefficient (Wildman–Crippen LogP) is 4.55. The second-order valence-electron chi connectivity index (χ2n) is 5.99. The summed E-state index contributed by atoms with van der Waals surface area (Å²) < 4.78 is 0.833. The van der Waals surface area contributed by atoms with Crippen LogP contribution < -0.4 is 4.90 Å². The maximum atomic E-state index is 11.2. The fraction of sp³-hybridized carbons (Fsp3) is 0.562. The number of carbonyl (C=O) groups is 1. The zero-order valence-electron chi connectivity index (χ0n) is 12.1. The lowest BCUT2D eigenvalue weighted by Gasteiger charge is -2.33. The Bertz CT molecular complexity index is 481. The Balaban J connectivity index is 2.34. The van der Waals surface area contributed by atoms with Crippen LogP contribution in [0.1, 0.15) is 49.9 Å². The van der Waals surface area contributed by atoms with Crippen LogP contribution in [-0.2, 0) is 0 Å². The minimum Gasteiger partial charge on any atom is -0.478 e. The smallest absolute Gasteiger partial charge is 0.335 e. The molecule has 1 aliphatic rings. The molecule has 0 unspecified atom stereocenters. The highest BCUT2D eigenvalue weighted by Gasteiger charge is 2.24. The lowest BCUT2D eigenvalue weighted by Crippen LogP contribution is -2.36. The highest BCUT2D eigenvalue weighted by Crippen LogP contribution is 2.31. The Morgan fingerprint density at radius 3 is 2.55 bits per heavy atom. The van der Waals surface area contributed by atoms with Crippen molar-refractivity contribution < 1.29 is 9.90 Å². The van der Waals surface area contributed by atoms with Crippen LogP contribution in [0.2, 0.25) is 0 Å². The number of halogens is 1. The minimum atomic E-state index is -0.872. The number of rotatable bonds is 5. The summed E-state index contributed by atoms with van der Waals surface area (Å²) in [7, 11) is 0. The highest BCUT2D eigenvalue weighted by molar-refractivity contribution is 9.10. The van der Waals surface area contributed by atoms with Gasteiger partial charge < -0.3 is 10.0 Å². The average Bonchev–Trinajstić information content (AvgIpc) is 2.88. The molecule has 20 heavy (non-hydrogen) atoms. The molecule has 0 saturated heterocycles. The molecular weight excluding hydrogens is 318 g/mol. The van der Waals surface area contributed by atoms with Gasteiger partial charge in [0.25, 0.3) is 0 Å². The molecule has 1 fully saturated rings. The van der Waals surface area contributed by atoms with E-state index in [0.29, 0.717) is 17.5 Å². The van der Waals surface area contributed by atoms with Crippen LogP contribution in [0.3, 0.4) is 0 Å². The van der Waals surface area contributed by atoms with E-state index < -0.39 is 5.97 Å². The van der Waals surface area contributed by atoms with E-state index >= 15 is 0 Å². The van der Waals surface area contributed by atoms with Gasteiger partial charge in [-0.15, -0.1) is 0 Å². The number of carboxylic acid groups (broad SMARTS) is 1. The summed E-state index contributed by atoms with van der Waals surface area (Å²) in [5.41, 5.74) is 1.37. The van der Waals surface area contributed by atoms with E-state index in [4.69, 9.17) is 0 Å². The number of hydrogen-bond donors (Lipinski definition) is 1. The van der Waals surface area contributed by atoms with Gasteiger partial charge >= 0.3 is 5.97 Å². The summed E-state index contributed by atoms with van der Waals surface area (Å²) in [6.07, 6.45) is 4.97. The van der Waals surface area contributed by atoms with E-state index in [-0.39, 0.29) is 0 Å². The van der Waals surface area contributed by atoms with Crippen LogP contribution >= 0.6 is 15.9 Å². The lowest BCUT2D eigenvalue weighted by molar-refractivity contribution is 0.0697. The van der Waals surface area contributed by atoms with Crippen molar-refractivity contribution in [3.05, 3.63) is 28.2 Å². The van der Waals surface area contributed by atoms with Crippen molar-refractivity contribution in [1.29, 1.82) is 0 Å². The summed E-state index contributed by atoms with van der Waals surface area (Å²) in [6.45, 7) is 5.39. The van der Waals surface area contributed by atoms with Crippen LogP contribution in [-0.4, -0.2) is 23.7 Å². The molecule has 1 aromatic rings. The molecule has 0 bridgehead atoms. The van der Waals surface area contributed by atoms with Gasteiger partial charge in [-0.25, -0.2) is 4.79 Å². The Kier molecular flexibility index (Phi) is 5.08. The Hall–Kier alpha value is -1.03. The molecule has 1 aromatic carbocycles. The van der Waals surface area contributed by atoms with Crippen molar-refractivity contribution in [1.82, 2.24) is 0 Å². The van der Waals surface area contributed by atoms with Crippen molar-refractivity contribution >= 4 is 27.6 Å². The Morgan fingerprint density at radius 1 is 1.35 bits per heavy atom. The standard InChI is InChI=1S/C16H22BrNO2/c1-11(2)10-18(14-5-3-4-6-14)15-8-12(16(19)20)7-13(17)9-15/h7-9,11,14H,3-6,10H2,1-2H3,(H,19,20). The quantitative estimate of drug-likeness (QED) is 0.855. The van der Waals surface area contributed by atoms with Crippen LogP contribution in [0.15, 0.2) is 22.7 Å². The Labute approximate surface area is 129 Å². The third kappa shape index (κ3) is 3.75. The number of nitrogens with zero attached hydrogens (tertiary/aromatic N) is 1. The first-order valence-corrected chi connectivity index (χ1v) is 8.07. The number of benzene rings is 1. The van der Waals surface area contributed by atoms with Gasteiger partial charge in [-0.1, -0.05) is 42.6 Å². The van der Waals surface area contributed by atoms with E-state index in [1.165, 1.54) is 25.7 Å². The second kappa shape index (κ2) is 6.61. The topological polar surface area (TPSA) is 40.5 Å². The van der Waals surface area contributed by atoms with Gasteiger partial charge in [0, 0.05) is 22.7 Å². The molecule has 0 aliphatic heterocycles. The molecule has 2 rings (SSSR count). The number of anilines is 1. The summed E-state index contributed by atoms with van der Waals surface area (Å²) in [4.78, 5) is 13.6. The molecular formula is C16H22BrNO2. The second-order valence-corrected chi connectivity index (χ2v) is 6.90. The van der Waals surface area contributed by atoms with Crippen molar-refractivity contribution in [2.24, 2.45) is 5.92 Å². The van der Waals surface area contributed by atoms with Gasteiger partial charge in [-0.05, 0) is 37.0 Å². The molecule has 4 heteroatoms. The van der Waals surface area contributed by atoms with E-state index in [2.05, 4.69) is 34.7 Å². The molecule has 0 atom stereocenters. The van der Waals surface area contributed by atoms with Crippen molar-refractivity contribution in [2.75, 3.05) is 11.4 Å². The molecule has 3 nitrogen and oxygen atoms in total. The van der Waals surface area contributed by atoms with Crippen LogP contribution in [0.5, 0.6) is 0 Å². The molecule has 0 aromatic heterocycles. The van der Waals surface area contributed by atoms with Crippen LogP contribution in [0, 0.1) is 5.92 Å². The Morgan fingerprint density at radius 2 is 2.00 bits per heavy atom. The largest absolute Gasteiger partial charge is 0.478 e. The summed E-state index contributed by atoms with van der Waals surface area (Å²) in [5.74, 6) is -0.314. The van der Waals surface area contributed by atoms with E-state index in [9.17, 15) is 9.90 Å². The van der Waals surface area contributed by atoms with Crippen molar-refractivity contribution in [2.45, 2.75) is 45.6 Å².